The number of hydrogen-bond acceptors (Lipinski definition) is 4. The van der Waals surface area contributed by atoms with Crippen LogP contribution in [0.3, 0.4) is 0 Å². The van der Waals surface area contributed by atoms with Gasteiger partial charge in [-0.2, -0.15) is 0 Å². The Kier molecular flexibility index (Phi) is 3.64. The van der Waals surface area contributed by atoms with Gasteiger partial charge in [-0.25, -0.2) is 9.79 Å². The molecular formula is C12H12ClNO3. The first kappa shape index (κ1) is 11.9. The average Bonchev–Trinajstić information content (AvgIpc) is 2.79. The van der Waals surface area contributed by atoms with E-state index in [9.17, 15) is 4.79 Å². The molecule has 5 heteroatoms. The second kappa shape index (κ2) is 5.19. The van der Waals surface area contributed by atoms with E-state index in [1.54, 1.807) is 19.1 Å². The fraction of sp³-hybridized carbons (Fsp3) is 0.333. The van der Waals surface area contributed by atoms with Crippen molar-refractivity contribution in [3.8, 4) is 0 Å². The summed E-state index contributed by atoms with van der Waals surface area (Å²) < 4.78 is 10.3. The predicted octanol–water partition coefficient (Wildman–Crippen LogP) is 2.37. The molecule has 1 aliphatic rings. The Hall–Kier alpha value is -1.55. The standard InChI is InChI=1S/C12H12ClNO3/c1-2-16-12(15)10-11(17-7-14-10)8-3-5-9(13)6-4-8/h3-7,10-11H,2H2,1H3. The molecule has 0 saturated carbocycles. The van der Waals surface area contributed by atoms with Gasteiger partial charge in [0, 0.05) is 5.02 Å². The van der Waals surface area contributed by atoms with Crippen LogP contribution in [0.25, 0.3) is 0 Å². The average molecular weight is 254 g/mol. The first-order valence-electron chi connectivity index (χ1n) is 5.31. The first-order valence-corrected chi connectivity index (χ1v) is 5.69. The minimum absolute atomic E-state index is 0.332. The molecule has 0 aromatic heterocycles. The summed E-state index contributed by atoms with van der Waals surface area (Å²) in [7, 11) is 0. The van der Waals surface area contributed by atoms with Gasteiger partial charge in [0.15, 0.2) is 18.5 Å². The number of aliphatic imine (C=N–C) groups is 1. The summed E-state index contributed by atoms with van der Waals surface area (Å²) in [5.74, 6) is -0.374. The van der Waals surface area contributed by atoms with E-state index in [4.69, 9.17) is 21.1 Å². The molecule has 2 atom stereocenters. The van der Waals surface area contributed by atoms with E-state index in [1.165, 1.54) is 6.40 Å². The van der Waals surface area contributed by atoms with Crippen LogP contribution in [-0.4, -0.2) is 25.0 Å². The largest absolute Gasteiger partial charge is 0.473 e. The number of carbonyl (C=O) groups excluding carboxylic acids is 1. The Balaban J connectivity index is 2.15. The van der Waals surface area contributed by atoms with Crippen LogP contribution in [0.4, 0.5) is 0 Å². The number of benzene rings is 1. The SMILES string of the molecule is CCOC(=O)C1N=COC1c1ccc(Cl)cc1. The van der Waals surface area contributed by atoms with Crippen molar-refractivity contribution in [2.45, 2.75) is 19.1 Å². The van der Waals surface area contributed by atoms with E-state index in [2.05, 4.69) is 4.99 Å². The number of ether oxygens (including phenoxy) is 2. The molecule has 0 bridgehead atoms. The third-order valence-corrected chi connectivity index (χ3v) is 2.69. The van der Waals surface area contributed by atoms with Crippen molar-refractivity contribution in [3.05, 3.63) is 34.9 Å². The maximum Gasteiger partial charge on any atom is 0.335 e. The molecule has 0 fully saturated rings. The molecule has 90 valence electrons. The van der Waals surface area contributed by atoms with Gasteiger partial charge < -0.3 is 9.47 Å². The number of rotatable bonds is 3. The van der Waals surface area contributed by atoms with Crippen molar-refractivity contribution in [1.82, 2.24) is 0 Å². The van der Waals surface area contributed by atoms with Crippen molar-refractivity contribution < 1.29 is 14.3 Å². The lowest BCUT2D eigenvalue weighted by Crippen LogP contribution is -2.26. The van der Waals surface area contributed by atoms with Crippen LogP contribution in [0.1, 0.15) is 18.6 Å². The molecule has 2 unspecified atom stereocenters. The topological polar surface area (TPSA) is 47.9 Å². The molecule has 0 radical (unpaired) electrons. The zero-order valence-corrected chi connectivity index (χ0v) is 10.1. The Labute approximate surface area is 104 Å². The van der Waals surface area contributed by atoms with Crippen molar-refractivity contribution in [3.63, 3.8) is 0 Å². The number of nitrogens with zero attached hydrogens (tertiary/aromatic N) is 1. The van der Waals surface area contributed by atoms with Gasteiger partial charge >= 0.3 is 5.97 Å². The number of esters is 1. The zero-order chi connectivity index (χ0) is 12.3. The third kappa shape index (κ3) is 2.58. The van der Waals surface area contributed by atoms with Crippen LogP contribution in [0.2, 0.25) is 5.02 Å². The van der Waals surface area contributed by atoms with Crippen LogP contribution in [0.5, 0.6) is 0 Å². The van der Waals surface area contributed by atoms with Gasteiger partial charge in [0.25, 0.3) is 0 Å². The molecule has 0 amide bonds. The highest BCUT2D eigenvalue weighted by Crippen LogP contribution is 2.28. The smallest absolute Gasteiger partial charge is 0.335 e. The monoisotopic (exact) mass is 253 g/mol. The van der Waals surface area contributed by atoms with E-state index in [1.807, 2.05) is 12.1 Å². The van der Waals surface area contributed by atoms with Gasteiger partial charge in [-0.15, -0.1) is 0 Å². The maximum atomic E-state index is 11.7. The van der Waals surface area contributed by atoms with E-state index in [0.717, 1.165) is 5.56 Å². The van der Waals surface area contributed by atoms with Crippen molar-refractivity contribution in [2.75, 3.05) is 6.61 Å². The summed E-state index contributed by atoms with van der Waals surface area (Å²) in [5, 5.41) is 0.639. The Morgan fingerprint density at radius 2 is 2.18 bits per heavy atom. The van der Waals surface area contributed by atoms with Gasteiger partial charge in [-0.3, -0.25) is 0 Å². The fourth-order valence-corrected chi connectivity index (χ4v) is 1.77. The van der Waals surface area contributed by atoms with Gasteiger partial charge in [0.1, 0.15) is 0 Å². The first-order chi connectivity index (χ1) is 8.22. The minimum atomic E-state index is -0.629. The lowest BCUT2D eigenvalue weighted by atomic mass is 10.0. The number of halogens is 1. The highest BCUT2D eigenvalue weighted by atomic mass is 35.5. The molecule has 4 nitrogen and oxygen atoms in total. The van der Waals surface area contributed by atoms with Crippen LogP contribution >= 0.6 is 11.6 Å². The van der Waals surface area contributed by atoms with E-state index in [0.29, 0.717) is 11.6 Å². The van der Waals surface area contributed by atoms with Crippen LogP contribution in [0.15, 0.2) is 29.3 Å². The molecule has 2 rings (SSSR count). The molecular weight excluding hydrogens is 242 g/mol. The molecule has 0 N–H and O–H groups in total. The van der Waals surface area contributed by atoms with Crippen molar-refractivity contribution in [1.29, 1.82) is 0 Å². The summed E-state index contributed by atoms with van der Waals surface area (Å²) in [6.07, 6.45) is 0.868. The fourth-order valence-electron chi connectivity index (χ4n) is 1.64. The second-order valence-corrected chi connectivity index (χ2v) is 4.00. The molecule has 17 heavy (non-hydrogen) atoms. The Bertz CT molecular complexity index is 430. The molecule has 0 spiro atoms. The normalized spacial score (nSPS) is 22.2. The summed E-state index contributed by atoms with van der Waals surface area (Å²) in [5.41, 5.74) is 0.852. The van der Waals surface area contributed by atoms with Crippen LogP contribution < -0.4 is 0 Å². The highest BCUT2D eigenvalue weighted by Gasteiger charge is 2.34. The third-order valence-electron chi connectivity index (χ3n) is 2.44. The second-order valence-electron chi connectivity index (χ2n) is 3.56. The Morgan fingerprint density at radius 1 is 1.47 bits per heavy atom. The number of hydrogen-bond donors (Lipinski definition) is 0. The van der Waals surface area contributed by atoms with Crippen LogP contribution in [0, 0.1) is 0 Å². The molecule has 1 aromatic rings. The molecule has 1 aliphatic heterocycles. The van der Waals surface area contributed by atoms with Gasteiger partial charge in [0.05, 0.1) is 6.61 Å². The van der Waals surface area contributed by atoms with E-state index in [-0.39, 0.29) is 5.97 Å². The zero-order valence-electron chi connectivity index (χ0n) is 9.30. The minimum Gasteiger partial charge on any atom is -0.473 e. The molecule has 0 aliphatic carbocycles. The van der Waals surface area contributed by atoms with Crippen molar-refractivity contribution in [2.24, 2.45) is 4.99 Å². The highest BCUT2D eigenvalue weighted by molar-refractivity contribution is 6.30. The Morgan fingerprint density at radius 3 is 2.82 bits per heavy atom. The lowest BCUT2D eigenvalue weighted by molar-refractivity contribution is -0.146. The summed E-state index contributed by atoms with van der Waals surface area (Å²) in [4.78, 5) is 15.6. The molecule has 1 aromatic carbocycles. The summed E-state index contributed by atoms with van der Waals surface area (Å²) in [6, 6.07) is 6.50. The van der Waals surface area contributed by atoms with E-state index < -0.39 is 12.1 Å². The van der Waals surface area contributed by atoms with Gasteiger partial charge in [-0.1, -0.05) is 23.7 Å². The van der Waals surface area contributed by atoms with Crippen LogP contribution in [-0.2, 0) is 14.3 Å². The number of carbonyl (C=O) groups is 1. The lowest BCUT2D eigenvalue weighted by Gasteiger charge is -2.16. The quantitative estimate of drug-likeness (QED) is 0.777. The van der Waals surface area contributed by atoms with Crippen molar-refractivity contribution >= 4 is 24.0 Å². The van der Waals surface area contributed by atoms with Gasteiger partial charge in [0.2, 0.25) is 0 Å². The van der Waals surface area contributed by atoms with E-state index >= 15 is 0 Å². The predicted molar refractivity (Wildman–Crippen MR) is 64.2 cm³/mol. The summed E-state index contributed by atoms with van der Waals surface area (Å²) >= 11 is 5.80. The molecule has 0 saturated heterocycles. The molecule has 1 heterocycles. The maximum absolute atomic E-state index is 11.7. The van der Waals surface area contributed by atoms with Gasteiger partial charge in [-0.05, 0) is 24.6 Å². The summed E-state index contributed by atoms with van der Waals surface area (Å²) in [6.45, 7) is 2.09.